The van der Waals surface area contributed by atoms with Gasteiger partial charge in [-0.15, -0.1) is 0 Å². The summed E-state index contributed by atoms with van der Waals surface area (Å²) in [6.07, 6.45) is 0.761. The fourth-order valence-corrected chi connectivity index (χ4v) is 2.04. The van der Waals surface area contributed by atoms with E-state index in [9.17, 15) is 4.79 Å². The summed E-state index contributed by atoms with van der Waals surface area (Å²) in [5.41, 5.74) is 0. The fourth-order valence-electron chi connectivity index (χ4n) is 2.04. The molecule has 1 aromatic carbocycles. The number of methoxy groups -OCH3 is 1. The molecule has 1 heterocycles. The number of hydrogen-bond donors (Lipinski definition) is 1. The number of hydrogen-bond acceptors (Lipinski definition) is 5. The van der Waals surface area contributed by atoms with Gasteiger partial charge in [0, 0.05) is 20.3 Å². The highest BCUT2D eigenvalue weighted by molar-refractivity contribution is 5.91. The molecule has 0 aliphatic rings. The molecular weight excluding hydrogens is 310 g/mol. The maximum absolute atomic E-state index is 11.9. The van der Waals surface area contributed by atoms with Gasteiger partial charge in [-0.1, -0.05) is 0 Å². The van der Waals surface area contributed by atoms with Crippen LogP contribution >= 0.6 is 0 Å². The van der Waals surface area contributed by atoms with Gasteiger partial charge in [-0.3, -0.25) is 4.79 Å². The molecule has 0 bridgehead atoms. The maximum atomic E-state index is 11.9. The molecule has 0 radical (unpaired) electrons. The first-order chi connectivity index (χ1) is 11.7. The van der Waals surface area contributed by atoms with Crippen LogP contribution in [-0.4, -0.2) is 32.8 Å². The van der Waals surface area contributed by atoms with E-state index < -0.39 is 0 Å². The Morgan fingerprint density at radius 2 is 1.79 bits per heavy atom. The van der Waals surface area contributed by atoms with E-state index in [0.717, 1.165) is 12.2 Å². The molecule has 0 unspecified atom stereocenters. The van der Waals surface area contributed by atoms with Gasteiger partial charge in [-0.05, 0) is 49.7 Å². The molecule has 1 aromatic heterocycles. The van der Waals surface area contributed by atoms with Gasteiger partial charge in [0.2, 0.25) is 0 Å². The lowest BCUT2D eigenvalue weighted by molar-refractivity contribution is 0.0917. The van der Waals surface area contributed by atoms with Crippen molar-refractivity contribution in [1.29, 1.82) is 0 Å². The van der Waals surface area contributed by atoms with Crippen LogP contribution in [-0.2, 0) is 11.3 Å². The Morgan fingerprint density at radius 3 is 2.46 bits per heavy atom. The zero-order valence-corrected chi connectivity index (χ0v) is 14.0. The lowest BCUT2D eigenvalue weighted by atomic mass is 10.3. The van der Waals surface area contributed by atoms with Gasteiger partial charge in [0.05, 0.1) is 6.61 Å². The summed E-state index contributed by atoms with van der Waals surface area (Å²) in [4.78, 5) is 11.9. The van der Waals surface area contributed by atoms with Gasteiger partial charge >= 0.3 is 0 Å². The zero-order valence-electron chi connectivity index (χ0n) is 14.0. The van der Waals surface area contributed by atoms with Crippen molar-refractivity contribution in [3.63, 3.8) is 0 Å². The van der Waals surface area contributed by atoms with E-state index >= 15 is 0 Å². The number of nitrogens with one attached hydrogen (secondary N) is 1. The van der Waals surface area contributed by atoms with Gasteiger partial charge in [0.1, 0.15) is 23.9 Å². The lowest BCUT2D eigenvalue weighted by Gasteiger charge is -2.06. The van der Waals surface area contributed by atoms with Crippen LogP contribution in [0.3, 0.4) is 0 Å². The first kappa shape index (κ1) is 17.9. The van der Waals surface area contributed by atoms with Gasteiger partial charge in [-0.25, -0.2) is 0 Å². The largest absolute Gasteiger partial charge is 0.494 e. The third kappa shape index (κ3) is 5.62. The van der Waals surface area contributed by atoms with Crippen molar-refractivity contribution in [3.8, 4) is 11.5 Å². The van der Waals surface area contributed by atoms with Crippen LogP contribution in [0.1, 0.15) is 29.7 Å². The predicted molar refractivity (Wildman–Crippen MR) is 89.5 cm³/mol. The second-order valence-corrected chi connectivity index (χ2v) is 5.06. The summed E-state index contributed by atoms with van der Waals surface area (Å²) in [5.74, 6) is 2.14. The normalized spacial score (nSPS) is 10.4. The molecule has 0 atom stereocenters. The Kier molecular flexibility index (Phi) is 7.17. The number of furan rings is 1. The molecule has 130 valence electrons. The van der Waals surface area contributed by atoms with E-state index in [4.69, 9.17) is 18.6 Å². The summed E-state index contributed by atoms with van der Waals surface area (Å²) in [7, 11) is 1.63. The molecule has 2 aromatic rings. The van der Waals surface area contributed by atoms with Crippen molar-refractivity contribution in [2.75, 3.05) is 26.9 Å². The minimum Gasteiger partial charge on any atom is -0.494 e. The Hall–Kier alpha value is -2.47. The highest BCUT2D eigenvalue weighted by Crippen LogP contribution is 2.19. The van der Waals surface area contributed by atoms with Gasteiger partial charge < -0.3 is 23.9 Å². The van der Waals surface area contributed by atoms with Crippen LogP contribution in [0.2, 0.25) is 0 Å². The SMILES string of the molecule is CCOc1ccc(OCc2ccc(C(=O)NCCCOC)o2)cc1. The molecule has 0 fully saturated rings. The number of ether oxygens (including phenoxy) is 3. The van der Waals surface area contributed by atoms with E-state index in [1.54, 1.807) is 19.2 Å². The Labute approximate surface area is 141 Å². The summed E-state index contributed by atoms with van der Waals surface area (Å²) >= 11 is 0. The molecule has 0 aliphatic carbocycles. The molecule has 0 saturated heterocycles. The third-order valence-corrected chi connectivity index (χ3v) is 3.21. The molecule has 0 spiro atoms. The highest BCUT2D eigenvalue weighted by Gasteiger charge is 2.11. The summed E-state index contributed by atoms with van der Waals surface area (Å²) in [6.45, 7) is 3.98. The average Bonchev–Trinajstić information content (AvgIpc) is 3.07. The second kappa shape index (κ2) is 9.62. The first-order valence-electron chi connectivity index (χ1n) is 7.94. The van der Waals surface area contributed by atoms with Crippen LogP contribution in [0.5, 0.6) is 11.5 Å². The number of rotatable bonds is 10. The van der Waals surface area contributed by atoms with E-state index in [1.807, 2.05) is 31.2 Å². The van der Waals surface area contributed by atoms with Crippen LogP contribution in [0, 0.1) is 0 Å². The molecule has 24 heavy (non-hydrogen) atoms. The van der Waals surface area contributed by atoms with E-state index in [2.05, 4.69) is 5.32 Å². The molecular formula is C18H23NO5. The lowest BCUT2D eigenvalue weighted by Crippen LogP contribution is -2.24. The Balaban J connectivity index is 1.79. The van der Waals surface area contributed by atoms with Crippen molar-refractivity contribution in [1.82, 2.24) is 5.32 Å². The third-order valence-electron chi connectivity index (χ3n) is 3.21. The summed E-state index contributed by atoms with van der Waals surface area (Å²) in [5, 5.41) is 2.77. The van der Waals surface area contributed by atoms with Crippen molar-refractivity contribution in [2.45, 2.75) is 20.0 Å². The van der Waals surface area contributed by atoms with Crippen molar-refractivity contribution in [2.24, 2.45) is 0 Å². The monoisotopic (exact) mass is 333 g/mol. The smallest absolute Gasteiger partial charge is 0.286 e. The van der Waals surface area contributed by atoms with E-state index in [-0.39, 0.29) is 18.3 Å². The topological polar surface area (TPSA) is 69.9 Å². The van der Waals surface area contributed by atoms with Crippen LogP contribution < -0.4 is 14.8 Å². The molecule has 1 N–H and O–H groups in total. The second-order valence-electron chi connectivity index (χ2n) is 5.06. The Bertz CT molecular complexity index is 621. The number of carbonyl (C=O) groups is 1. The molecule has 0 saturated carbocycles. The maximum Gasteiger partial charge on any atom is 0.286 e. The van der Waals surface area contributed by atoms with Gasteiger partial charge in [0.25, 0.3) is 5.91 Å². The van der Waals surface area contributed by atoms with Crippen molar-refractivity contribution in [3.05, 3.63) is 47.9 Å². The number of amides is 1. The Morgan fingerprint density at radius 1 is 1.08 bits per heavy atom. The predicted octanol–water partition coefficient (Wildman–Crippen LogP) is 3.02. The minimum atomic E-state index is -0.238. The zero-order chi connectivity index (χ0) is 17.2. The summed E-state index contributed by atoms with van der Waals surface area (Å²) < 4.78 is 21.4. The van der Waals surface area contributed by atoms with Crippen LogP contribution in [0.4, 0.5) is 0 Å². The van der Waals surface area contributed by atoms with E-state index in [1.165, 1.54) is 0 Å². The van der Waals surface area contributed by atoms with Gasteiger partial charge in [0.15, 0.2) is 5.76 Å². The molecule has 0 aliphatic heterocycles. The fraction of sp³-hybridized carbons (Fsp3) is 0.389. The molecule has 2 rings (SSSR count). The highest BCUT2D eigenvalue weighted by atomic mass is 16.5. The number of benzene rings is 1. The quantitative estimate of drug-likeness (QED) is 0.677. The first-order valence-corrected chi connectivity index (χ1v) is 7.94. The van der Waals surface area contributed by atoms with E-state index in [0.29, 0.717) is 31.3 Å². The number of carbonyl (C=O) groups excluding carboxylic acids is 1. The average molecular weight is 333 g/mol. The molecule has 1 amide bonds. The minimum absolute atomic E-state index is 0.238. The molecule has 6 heteroatoms. The molecule has 6 nitrogen and oxygen atoms in total. The van der Waals surface area contributed by atoms with Crippen molar-refractivity contribution >= 4 is 5.91 Å². The van der Waals surface area contributed by atoms with Crippen LogP contribution in [0.15, 0.2) is 40.8 Å². The van der Waals surface area contributed by atoms with Crippen LogP contribution in [0.25, 0.3) is 0 Å². The standard InChI is InChI=1S/C18H23NO5/c1-3-22-14-5-7-15(8-6-14)23-13-16-9-10-17(24-16)18(20)19-11-4-12-21-2/h5-10H,3-4,11-13H2,1-2H3,(H,19,20). The van der Waals surface area contributed by atoms with Crippen molar-refractivity contribution < 1.29 is 23.4 Å². The summed E-state index contributed by atoms with van der Waals surface area (Å²) in [6, 6.07) is 10.7. The van der Waals surface area contributed by atoms with Gasteiger partial charge in [-0.2, -0.15) is 0 Å².